The first kappa shape index (κ1) is 12.4. The van der Waals surface area contributed by atoms with Gasteiger partial charge in [0.05, 0.1) is 13.2 Å². The van der Waals surface area contributed by atoms with Crippen molar-refractivity contribution in [2.75, 3.05) is 31.3 Å². The first-order chi connectivity index (χ1) is 8.31. The molecule has 1 unspecified atom stereocenters. The van der Waals surface area contributed by atoms with Crippen molar-refractivity contribution in [1.29, 1.82) is 0 Å². The van der Waals surface area contributed by atoms with Gasteiger partial charge in [-0.15, -0.1) is 0 Å². The quantitative estimate of drug-likeness (QED) is 0.639. The molecule has 1 fully saturated rings. The van der Waals surface area contributed by atoms with Crippen molar-refractivity contribution in [3.63, 3.8) is 0 Å². The molecule has 94 valence electrons. The second-order valence-corrected chi connectivity index (χ2v) is 4.49. The van der Waals surface area contributed by atoms with E-state index in [1.54, 1.807) is 0 Å². The molecular weight excluding hydrogens is 238 g/mol. The number of anilines is 1. The molecule has 1 atom stereocenters. The van der Waals surface area contributed by atoms with E-state index >= 15 is 0 Å². The molecule has 17 heavy (non-hydrogen) atoms. The summed E-state index contributed by atoms with van der Waals surface area (Å²) in [5, 5.41) is 3.89. The summed E-state index contributed by atoms with van der Waals surface area (Å²) in [6.07, 6.45) is 3.00. The van der Waals surface area contributed by atoms with Crippen LogP contribution < -0.4 is 10.1 Å². The van der Waals surface area contributed by atoms with Crippen LogP contribution in [-0.2, 0) is 4.74 Å². The lowest BCUT2D eigenvalue weighted by Gasteiger charge is -2.12. The monoisotopic (exact) mass is 255 g/mol. The van der Waals surface area contributed by atoms with Gasteiger partial charge in [0.1, 0.15) is 11.9 Å². The molecule has 0 saturated carbocycles. The number of thioether (sulfide) groups is 1. The molecule has 0 amide bonds. The Labute approximate surface area is 105 Å². The van der Waals surface area contributed by atoms with E-state index in [0.717, 1.165) is 30.5 Å². The van der Waals surface area contributed by atoms with E-state index < -0.39 is 0 Å². The average molecular weight is 255 g/mol. The Balaban J connectivity index is 2.10. The van der Waals surface area contributed by atoms with Crippen molar-refractivity contribution in [3.8, 4) is 5.88 Å². The molecule has 0 spiro atoms. The molecule has 0 radical (unpaired) electrons. The first-order valence-corrected chi connectivity index (χ1v) is 6.95. The molecule has 1 aromatic rings. The van der Waals surface area contributed by atoms with Gasteiger partial charge in [-0.2, -0.15) is 4.98 Å². The van der Waals surface area contributed by atoms with E-state index in [2.05, 4.69) is 15.3 Å². The summed E-state index contributed by atoms with van der Waals surface area (Å²) < 4.78 is 11.0. The van der Waals surface area contributed by atoms with Crippen LogP contribution >= 0.6 is 11.8 Å². The largest absolute Gasteiger partial charge is 0.472 e. The van der Waals surface area contributed by atoms with Crippen LogP contribution in [-0.4, -0.2) is 42.1 Å². The lowest BCUT2D eigenvalue weighted by molar-refractivity contribution is 0.137. The zero-order chi connectivity index (χ0) is 12.1. The summed E-state index contributed by atoms with van der Waals surface area (Å²) in [5.74, 6) is 1.43. The summed E-state index contributed by atoms with van der Waals surface area (Å²) in [5.41, 5.74) is 0. The molecule has 1 saturated heterocycles. The molecule has 1 N–H and O–H groups in total. The Morgan fingerprint density at radius 1 is 1.59 bits per heavy atom. The molecular formula is C11H17N3O2S. The fraction of sp³-hybridized carbons (Fsp3) is 0.636. The molecule has 0 bridgehead atoms. The highest BCUT2D eigenvalue weighted by Crippen LogP contribution is 2.21. The number of nitrogens with zero attached hydrogens (tertiary/aromatic N) is 2. The fourth-order valence-corrected chi connectivity index (χ4v) is 1.97. The number of hydrogen-bond donors (Lipinski definition) is 1. The molecule has 6 heteroatoms. The summed E-state index contributed by atoms with van der Waals surface area (Å²) in [6, 6.07) is 1.83. The predicted octanol–water partition coefficient (Wildman–Crippen LogP) is 1.80. The lowest BCUT2D eigenvalue weighted by atomic mass is 10.3. The number of nitrogens with one attached hydrogen (secondary N) is 1. The minimum atomic E-state index is 0.120. The van der Waals surface area contributed by atoms with Gasteiger partial charge in [-0.05, 0) is 13.2 Å². The van der Waals surface area contributed by atoms with E-state index in [4.69, 9.17) is 9.47 Å². The second-order valence-electron chi connectivity index (χ2n) is 3.71. The molecule has 1 aliphatic rings. The van der Waals surface area contributed by atoms with Gasteiger partial charge in [0.25, 0.3) is 0 Å². The molecule has 0 aliphatic carbocycles. The Hall–Kier alpha value is -1.01. The van der Waals surface area contributed by atoms with Crippen LogP contribution in [0.4, 0.5) is 5.82 Å². The minimum absolute atomic E-state index is 0.120. The zero-order valence-corrected chi connectivity index (χ0v) is 10.9. The van der Waals surface area contributed by atoms with Crippen LogP contribution in [0.15, 0.2) is 11.2 Å². The Morgan fingerprint density at radius 2 is 2.47 bits per heavy atom. The van der Waals surface area contributed by atoms with Crippen LogP contribution in [0.25, 0.3) is 0 Å². The molecule has 1 aromatic heterocycles. The lowest BCUT2D eigenvalue weighted by Crippen LogP contribution is -2.17. The SMILES string of the molecule is CCNc1cc(OC2CCOC2)nc(SC)n1. The second kappa shape index (κ2) is 6.07. The topological polar surface area (TPSA) is 56.3 Å². The van der Waals surface area contributed by atoms with E-state index in [9.17, 15) is 0 Å². The summed E-state index contributed by atoms with van der Waals surface area (Å²) in [6.45, 7) is 4.28. The number of rotatable bonds is 5. The summed E-state index contributed by atoms with van der Waals surface area (Å²) >= 11 is 1.51. The Kier molecular flexibility index (Phi) is 4.44. The van der Waals surface area contributed by atoms with Crippen molar-refractivity contribution in [1.82, 2.24) is 9.97 Å². The van der Waals surface area contributed by atoms with Crippen molar-refractivity contribution < 1.29 is 9.47 Å². The smallest absolute Gasteiger partial charge is 0.219 e. The Bertz CT molecular complexity index is 370. The molecule has 2 heterocycles. The van der Waals surface area contributed by atoms with Gasteiger partial charge in [0.2, 0.25) is 5.88 Å². The van der Waals surface area contributed by atoms with Crippen LogP contribution in [0.2, 0.25) is 0 Å². The number of hydrogen-bond acceptors (Lipinski definition) is 6. The van der Waals surface area contributed by atoms with Gasteiger partial charge in [-0.3, -0.25) is 0 Å². The fourth-order valence-electron chi connectivity index (χ4n) is 1.60. The van der Waals surface area contributed by atoms with E-state index in [0.29, 0.717) is 12.5 Å². The summed E-state index contributed by atoms with van der Waals surface area (Å²) in [7, 11) is 0. The van der Waals surface area contributed by atoms with Gasteiger partial charge in [0.15, 0.2) is 5.16 Å². The number of aromatic nitrogens is 2. The highest BCUT2D eigenvalue weighted by Gasteiger charge is 2.18. The van der Waals surface area contributed by atoms with Crippen molar-refractivity contribution in [2.24, 2.45) is 0 Å². The molecule has 5 nitrogen and oxygen atoms in total. The van der Waals surface area contributed by atoms with Crippen molar-refractivity contribution >= 4 is 17.6 Å². The zero-order valence-electron chi connectivity index (χ0n) is 10.1. The average Bonchev–Trinajstić information content (AvgIpc) is 2.82. The van der Waals surface area contributed by atoms with Crippen molar-refractivity contribution in [3.05, 3.63) is 6.07 Å². The highest BCUT2D eigenvalue weighted by atomic mass is 32.2. The van der Waals surface area contributed by atoms with Gasteiger partial charge in [-0.25, -0.2) is 4.98 Å². The van der Waals surface area contributed by atoms with Gasteiger partial charge >= 0.3 is 0 Å². The van der Waals surface area contributed by atoms with E-state index in [-0.39, 0.29) is 6.10 Å². The third-order valence-electron chi connectivity index (χ3n) is 2.40. The molecule has 1 aliphatic heterocycles. The maximum Gasteiger partial charge on any atom is 0.219 e. The Morgan fingerprint density at radius 3 is 3.12 bits per heavy atom. The standard InChI is InChI=1S/C11H17N3O2S/c1-3-12-9-6-10(14-11(13-9)17-2)16-8-4-5-15-7-8/h6,8H,3-5,7H2,1-2H3,(H,12,13,14). The maximum atomic E-state index is 5.78. The van der Waals surface area contributed by atoms with Crippen LogP contribution in [0.1, 0.15) is 13.3 Å². The normalized spacial score (nSPS) is 19.3. The third-order valence-corrected chi connectivity index (χ3v) is 2.95. The maximum absolute atomic E-state index is 5.78. The minimum Gasteiger partial charge on any atom is -0.472 e. The van der Waals surface area contributed by atoms with Crippen LogP contribution in [0.3, 0.4) is 0 Å². The van der Waals surface area contributed by atoms with Crippen molar-refractivity contribution in [2.45, 2.75) is 24.6 Å². The molecule has 2 rings (SSSR count). The predicted molar refractivity (Wildman–Crippen MR) is 67.8 cm³/mol. The number of ether oxygens (including phenoxy) is 2. The van der Waals surface area contributed by atoms with Gasteiger partial charge in [0, 0.05) is 19.0 Å². The third kappa shape index (κ3) is 3.47. The van der Waals surface area contributed by atoms with Crippen LogP contribution in [0.5, 0.6) is 5.88 Å². The summed E-state index contributed by atoms with van der Waals surface area (Å²) in [4.78, 5) is 8.68. The van der Waals surface area contributed by atoms with Crippen LogP contribution in [0, 0.1) is 0 Å². The van der Waals surface area contributed by atoms with Gasteiger partial charge in [-0.1, -0.05) is 11.8 Å². The van der Waals surface area contributed by atoms with E-state index in [1.165, 1.54) is 11.8 Å². The van der Waals surface area contributed by atoms with E-state index in [1.807, 2.05) is 19.2 Å². The molecule has 0 aromatic carbocycles. The first-order valence-electron chi connectivity index (χ1n) is 5.73. The van der Waals surface area contributed by atoms with Gasteiger partial charge < -0.3 is 14.8 Å². The highest BCUT2D eigenvalue weighted by molar-refractivity contribution is 7.98.